The third kappa shape index (κ3) is 8.33. The molecule has 0 aromatic heterocycles. The van der Waals surface area contributed by atoms with E-state index >= 15 is 0 Å². The first-order valence-electron chi connectivity index (χ1n) is 14.5. The second-order valence-corrected chi connectivity index (χ2v) is 10.2. The van der Waals surface area contributed by atoms with Gasteiger partial charge in [0.25, 0.3) is 0 Å². The van der Waals surface area contributed by atoms with Crippen molar-refractivity contribution in [2.75, 3.05) is 0 Å². The van der Waals surface area contributed by atoms with Gasteiger partial charge < -0.3 is 18.9 Å². The van der Waals surface area contributed by atoms with Gasteiger partial charge >= 0.3 is 23.9 Å². The standard InChI is InChI=1S/C38H30O8/c39-35(43-23-27-13-5-1-6-14-27)31-21-22-32(36(40)44-24-28-15-7-2-8-16-28)34(38(42)46-26-30-19-11-4-12-20-30)33(31)37(41)45-25-29-17-9-3-10-18-29/h1-22H,23-26H2. The first kappa shape index (κ1) is 31.4. The molecule has 0 spiro atoms. The van der Waals surface area contributed by atoms with Crippen LogP contribution < -0.4 is 0 Å². The normalized spacial score (nSPS) is 10.4. The maximum Gasteiger partial charge on any atom is 0.340 e. The number of ether oxygens (including phenoxy) is 4. The number of esters is 4. The van der Waals surface area contributed by atoms with Gasteiger partial charge in [-0.3, -0.25) is 0 Å². The summed E-state index contributed by atoms with van der Waals surface area (Å²) in [6.07, 6.45) is 0. The molecule has 0 aliphatic rings. The Morgan fingerprint density at radius 3 is 0.826 bits per heavy atom. The molecule has 0 heterocycles. The lowest BCUT2D eigenvalue weighted by molar-refractivity contribution is 0.0389. The largest absolute Gasteiger partial charge is 0.457 e. The molecule has 5 aromatic carbocycles. The van der Waals surface area contributed by atoms with Crippen LogP contribution >= 0.6 is 0 Å². The summed E-state index contributed by atoms with van der Waals surface area (Å²) in [7, 11) is 0. The van der Waals surface area contributed by atoms with E-state index < -0.39 is 35.0 Å². The molecule has 46 heavy (non-hydrogen) atoms. The van der Waals surface area contributed by atoms with E-state index in [4.69, 9.17) is 18.9 Å². The second kappa shape index (κ2) is 15.6. The Labute approximate surface area is 266 Å². The highest BCUT2D eigenvalue weighted by molar-refractivity contribution is 6.15. The molecule has 230 valence electrons. The lowest BCUT2D eigenvalue weighted by atomic mass is 9.95. The van der Waals surface area contributed by atoms with Gasteiger partial charge in [0.15, 0.2) is 0 Å². The molecule has 5 aromatic rings. The molecule has 0 saturated carbocycles. The van der Waals surface area contributed by atoms with Gasteiger partial charge in [-0.25, -0.2) is 19.2 Å². The molecule has 0 aliphatic carbocycles. The molecular weight excluding hydrogens is 584 g/mol. The van der Waals surface area contributed by atoms with E-state index in [1.165, 1.54) is 12.1 Å². The molecule has 8 heteroatoms. The molecule has 0 aliphatic heterocycles. The van der Waals surface area contributed by atoms with E-state index in [-0.39, 0.29) is 37.6 Å². The fraction of sp³-hybridized carbons (Fsp3) is 0.105. The Bertz CT molecular complexity index is 1650. The van der Waals surface area contributed by atoms with Crippen LogP contribution in [-0.4, -0.2) is 23.9 Å². The number of carbonyl (C=O) groups is 4. The van der Waals surface area contributed by atoms with Crippen molar-refractivity contribution < 1.29 is 38.1 Å². The maximum atomic E-state index is 13.8. The van der Waals surface area contributed by atoms with Crippen molar-refractivity contribution in [1.82, 2.24) is 0 Å². The predicted molar refractivity (Wildman–Crippen MR) is 169 cm³/mol. The van der Waals surface area contributed by atoms with E-state index in [9.17, 15) is 19.2 Å². The zero-order valence-electron chi connectivity index (χ0n) is 24.8. The first-order valence-corrected chi connectivity index (χ1v) is 14.5. The maximum absolute atomic E-state index is 13.8. The van der Waals surface area contributed by atoms with Gasteiger partial charge in [-0.15, -0.1) is 0 Å². The van der Waals surface area contributed by atoms with E-state index in [0.717, 1.165) is 0 Å². The number of carbonyl (C=O) groups excluding carboxylic acids is 4. The van der Waals surface area contributed by atoms with Gasteiger partial charge in [0, 0.05) is 0 Å². The quantitative estimate of drug-likeness (QED) is 0.108. The molecule has 0 bridgehead atoms. The first-order chi connectivity index (χ1) is 22.5. The van der Waals surface area contributed by atoms with Crippen molar-refractivity contribution in [2.45, 2.75) is 26.4 Å². The van der Waals surface area contributed by atoms with Crippen LogP contribution in [0, 0.1) is 0 Å². The minimum Gasteiger partial charge on any atom is -0.457 e. The molecular formula is C38H30O8. The van der Waals surface area contributed by atoms with Crippen molar-refractivity contribution in [3.8, 4) is 0 Å². The van der Waals surface area contributed by atoms with Crippen molar-refractivity contribution in [1.29, 1.82) is 0 Å². The van der Waals surface area contributed by atoms with Crippen LogP contribution in [0.25, 0.3) is 0 Å². The van der Waals surface area contributed by atoms with E-state index in [1.807, 2.05) is 24.3 Å². The number of hydrogen-bond acceptors (Lipinski definition) is 8. The smallest absolute Gasteiger partial charge is 0.340 e. The second-order valence-electron chi connectivity index (χ2n) is 10.2. The van der Waals surface area contributed by atoms with Crippen LogP contribution in [0.4, 0.5) is 0 Å². The van der Waals surface area contributed by atoms with Gasteiger partial charge in [-0.2, -0.15) is 0 Å². The zero-order valence-corrected chi connectivity index (χ0v) is 24.8. The minimum absolute atomic E-state index is 0.0904. The molecule has 0 amide bonds. The number of hydrogen-bond donors (Lipinski definition) is 0. The summed E-state index contributed by atoms with van der Waals surface area (Å²) in [5, 5.41) is 0. The summed E-state index contributed by atoms with van der Waals surface area (Å²) >= 11 is 0. The molecule has 5 rings (SSSR count). The highest BCUT2D eigenvalue weighted by atomic mass is 16.5. The average molecular weight is 615 g/mol. The van der Waals surface area contributed by atoms with Gasteiger partial charge in [0.1, 0.15) is 26.4 Å². The molecule has 0 saturated heterocycles. The Morgan fingerprint density at radius 1 is 0.326 bits per heavy atom. The summed E-state index contributed by atoms with van der Waals surface area (Å²) in [6, 6.07) is 38.3. The minimum atomic E-state index is -1.01. The van der Waals surface area contributed by atoms with Crippen molar-refractivity contribution >= 4 is 23.9 Å². The van der Waals surface area contributed by atoms with E-state index in [0.29, 0.717) is 22.3 Å². The highest BCUT2D eigenvalue weighted by Crippen LogP contribution is 2.26. The SMILES string of the molecule is O=C(OCc1ccccc1)c1ccc(C(=O)OCc2ccccc2)c(C(=O)OCc2ccccc2)c1C(=O)OCc1ccccc1. The fourth-order valence-corrected chi connectivity index (χ4v) is 4.56. The third-order valence-corrected chi connectivity index (χ3v) is 6.90. The van der Waals surface area contributed by atoms with Crippen LogP contribution in [-0.2, 0) is 45.4 Å². The summed E-state index contributed by atoms with van der Waals surface area (Å²) in [4.78, 5) is 54.5. The molecule has 0 N–H and O–H groups in total. The van der Waals surface area contributed by atoms with E-state index in [2.05, 4.69) is 0 Å². The lowest BCUT2D eigenvalue weighted by Crippen LogP contribution is -2.23. The summed E-state index contributed by atoms with van der Waals surface area (Å²) in [5.74, 6) is -3.81. The van der Waals surface area contributed by atoms with E-state index in [1.54, 1.807) is 97.1 Å². The predicted octanol–water partition coefficient (Wildman–Crippen LogP) is 7.11. The van der Waals surface area contributed by atoms with Gasteiger partial charge in [0.2, 0.25) is 0 Å². The topological polar surface area (TPSA) is 105 Å². The summed E-state index contributed by atoms with van der Waals surface area (Å²) in [6.45, 7) is -0.488. The van der Waals surface area contributed by atoms with Crippen LogP contribution in [0.2, 0.25) is 0 Å². The van der Waals surface area contributed by atoms with Crippen molar-refractivity contribution in [3.63, 3.8) is 0 Å². The molecule has 8 nitrogen and oxygen atoms in total. The van der Waals surface area contributed by atoms with Crippen LogP contribution in [0.1, 0.15) is 63.7 Å². The number of benzene rings is 5. The highest BCUT2D eigenvalue weighted by Gasteiger charge is 2.33. The zero-order chi connectivity index (χ0) is 32.1. The van der Waals surface area contributed by atoms with Gasteiger partial charge in [0.05, 0.1) is 22.3 Å². The fourth-order valence-electron chi connectivity index (χ4n) is 4.56. The Balaban J connectivity index is 1.53. The van der Waals surface area contributed by atoms with Crippen LogP contribution in [0.15, 0.2) is 133 Å². The molecule has 0 atom stereocenters. The summed E-state index contributed by atoms with van der Waals surface area (Å²) < 4.78 is 22.2. The van der Waals surface area contributed by atoms with Crippen LogP contribution in [0.5, 0.6) is 0 Å². The Hall–Kier alpha value is -6.02. The van der Waals surface area contributed by atoms with Crippen molar-refractivity contribution in [2.24, 2.45) is 0 Å². The monoisotopic (exact) mass is 614 g/mol. The van der Waals surface area contributed by atoms with Gasteiger partial charge in [-0.05, 0) is 34.4 Å². The van der Waals surface area contributed by atoms with Crippen LogP contribution in [0.3, 0.4) is 0 Å². The molecule has 0 unspecified atom stereocenters. The van der Waals surface area contributed by atoms with Gasteiger partial charge in [-0.1, -0.05) is 121 Å². The Morgan fingerprint density at radius 2 is 0.565 bits per heavy atom. The lowest BCUT2D eigenvalue weighted by Gasteiger charge is -2.17. The summed E-state index contributed by atoms with van der Waals surface area (Å²) in [5.41, 5.74) is 1.34. The van der Waals surface area contributed by atoms with Crippen molar-refractivity contribution in [3.05, 3.63) is 178 Å². The third-order valence-electron chi connectivity index (χ3n) is 6.90. The number of rotatable bonds is 12. The Kier molecular flexibility index (Phi) is 10.7. The molecule has 0 fully saturated rings. The average Bonchev–Trinajstić information content (AvgIpc) is 3.12. The molecule has 0 radical (unpaired) electrons.